The predicted molar refractivity (Wildman–Crippen MR) is 53.9 cm³/mol. The first kappa shape index (κ1) is 9.50. The summed E-state index contributed by atoms with van der Waals surface area (Å²) in [5.41, 5.74) is 1.04. The molecule has 1 aromatic rings. The zero-order chi connectivity index (χ0) is 10.0. The molecule has 2 unspecified atom stereocenters. The minimum absolute atomic E-state index is 0.108. The van der Waals surface area contributed by atoms with E-state index in [1.54, 1.807) is 12.5 Å². The van der Waals surface area contributed by atoms with E-state index in [9.17, 15) is 4.79 Å². The first-order valence-corrected chi connectivity index (χ1v) is 5.21. The lowest BCUT2D eigenvalue weighted by Gasteiger charge is -2.20. The Hall–Kier alpha value is -1.05. The molecule has 0 N–H and O–H groups in total. The molecule has 1 fully saturated rings. The van der Waals surface area contributed by atoms with Gasteiger partial charge < -0.3 is 9.21 Å². The minimum Gasteiger partial charge on any atom is -0.472 e. The van der Waals surface area contributed by atoms with Crippen molar-refractivity contribution in [1.29, 1.82) is 0 Å². The van der Waals surface area contributed by atoms with Gasteiger partial charge in [0.25, 0.3) is 0 Å². The molecule has 2 atom stereocenters. The third kappa shape index (κ3) is 1.74. The Balaban J connectivity index is 2.10. The lowest BCUT2D eigenvalue weighted by molar-refractivity contribution is -0.116. The van der Waals surface area contributed by atoms with Crippen LogP contribution in [0.1, 0.15) is 31.7 Å². The Morgan fingerprint density at radius 3 is 3.07 bits per heavy atom. The van der Waals surface area contributed by atoms with Gasteiger partial charge in [-0.2, -0.15) is 0 Å². The Morgan fingerprint density at radius 1 is 1.71 bits per heavy atom. The second-order valence-corrected chi connectivity index (χ2v) is 4.64. The molecule has 0 bridgehead atoms. The fraction of sp³-hybridized carbons (Fsp3) is 0.583. The number of rotatable bonds is 3. The summed E-state index contributed by atoms with van der Waals surface area (Å²) in [5, 5.41) is 0. The zero-order valence-electron chi connectivity index (χ0n) is 8.53. The monoisotopic (exact) mass is 192 g/mol. The number of furan rings is 1. The zero-order valence-corrected chi connectivity index (χ0v) is 8.53. The first-order chi connectivity index (χ1) is 6.74. The number of hydrogen-bond acceptors (Lipinski definition) is 2. The molecular formula is C12H16O2. The molecule has 14 heavy (non-hydrogen) atoms. The quantitative estimate of drug-likeness (QED) is 0.689. The van der Waals surface area contributed by atoms with Gasteiger partial charge in [0, 0.05) is 5.41 Å². The fourth-order valence-corrected chi connectivity index (χ4v) is 2.54. The van der Waals surface area contributed by atoms with Crippen molar-refractivity contribution in [1.82, 2.24) is 0 Å². The molecule has 0 aliphatic heterocycles. The van der Waals surface area contributed by atoms with Crippen LogP contribution in [0.2, 0.25) is 0 Å². The van der Waals surface area contributed by atoms with Crippen LogP contribution in [-0.2, 0) is 11.2 Å². The summed E-state index contributed by atoms with van der Waals surface area (Å²) in [7, 11) is 0. The first-order valence-electron chi connectivity index (χ1n) is 5.21. The molecule has 1 aliphatic carbocycles. The van der Waals surface area contributed by atoms with Gasteiger partial charge in [-0.1, -0.05) is 6.92 Å². The van der Waals surface area contributed by atoms with Gasteiger partial charge in [-0.3, -0.25) is 0 Å². The van der Waals surface area contributed by atoms with Gasteiger partial charge in [-0.15, -0.1) is 0 Å². The summed E-state index contributed by atoms with van der Waals surface area (Å²) >= 11 is 0. The summed E-state index contributed by atoms with van der Waals surface area (Å²) in [6.45, 7) is 2.22. The van der Waals surface area contributed by atoms with Gasteiger partial charge in [-0.05, 0) is 43.2 Å². The van der Waals surface area contributed by atoms with Gasteiger partial charge in [0.2, 0.25) is 0 Å². The molecule has 76 valence electrons. The average Bonchev–Trinajstić information content (AvgIpc) is 2.77. The van der Waals surface area contributed by atoms with Crippen molar-refractivity contribution in [3.8, 4) is 0 Å². The normalized spacial score (nSPS) is 31.9. The maximum atomic E-state index is 11.2. The van der Waals surface area contributed by atoms with Crippen LogP contribution in [0.4, 0.5) is 0 Å². The van der Waals surface area contributed by atoms with Crippen molar-refractivity contribution >= 4 is 6.29 Å². The molecule has 1 heterocycles. The third-order valence-corrected chi connectivity index (χ3v) is 3.28. The van der Waals surface area contributed by atoms with Crippen molar-refractivity contribution in [3.05, 3.63) is 24.2 Å². The van der Waals surface area contributed by atoms with E-state index in [2.05, 4.69) is 6.92 Å². The molecule has 1 aromatic heterocycles. The summed E-state index contributed by atoms with van der Waals surface area (Å²) in [6.07, 6.45) is 8.66. The van der Waals surface area contributed by atoms with E-state index in [1.807, 2.05) is 6.07 Å². The molecule has 2 rings (SSSR count). The van der Waals surface area contributed by atoms with Gasteiger partial charge in [0.1, 0.15) is 6.29 Å². The fourth-order valence-electron chi connectivity index (χ4n) is 2.54. The molecule has 0 aromatic carbocycles. The van der Waals surface area contributed by atoms with E-state index in [1.165, 1.54) is 6.42 Å². The van der Waals surface area contributed by atoms with Crippen LogP contribution in [0.5, 0.6) is 0 Å². The summed E-state index contributed by atoms with van der Waals surface area (Å²) in [6, 6.07) is 1.95. The van der Waals surface area contributed by atoms with Gasteiger partial charge >= 0.3 is 0 Å². The van der Waals surface area contributed by atoms with E-state index in [4.69, 9.17) is 4.42 Å². The summed E-state index contributed by atoms with van der Waals surface area (Å²) < 4.78 is 5.03. The van der Waals surface area contributed by atoms with Crippen molar-refractivity contribution in [3.63, 3.8) is 0 Å². The van der Waals surface area contributed by atoms with Crippen molar-refractivity contribution in [2.75, 3.05) is 0 Å². The van der Waals surface area contributed by atoms with Crippen molar-refractivity contribution in [2.45, 2.75) is 32.6 Å². The lowest BCUT2D eigenvalue weighted by Crippen LogP contribution is -2.21. The molecule has 1 aliphatic rings. The molecule has 1 saturated carbocycles. The van der Waals surface area contributed by atoms with E-state index >= 15 is 0 Å². The van der Waals surface area contributed by atoms with E-state index < -0.39 is 0 Å². The highest BCUT2D eigenvalue weighted by Gasteiger charge is 2.37. The summed E-state index contributed by atoms with van der Waals surface area (Å²) in [5.74, 6) is 0.687. The number of hydrogen-bond donors (Lipinski definition) is 0. The predicted octanol–water partition coefficient (Wildman–Crippen LogP) is 2.83. The largest absolute Gasteiger partial charge is 0.472 e. The van der Waals surface area contributed by atoms with Crippen molar-refractivity contribution in [2.24, 2.45) is 11.3 Å². The Morgan fingerprint density at radius 2 is 2.57 bits per heavy atom. The van der Waals surface area contributed by atoms with Gasteiger partial charge in [0.05, 0.1) is 12.5 Å². The molecule has 2 nitrogen and oxygen atoms in total. The lowest BCUT2D eigenvalue weighted by atomic mass is 9.81. The number of aldehydes is 1. The van der Waals surface area contributed by atoms with Crippen LogP contribution in [0.3, 0.4) is 0 Å². The van der Waals surface area contributed by atoms with Crippen LogP contribution in [-0.4, -0.2) is 6.29 Å². The highest BCUT2D eigenvalue weighted by molar-refractivity contribution is 5.60. The Kier molecular flexibility index (Phi) is 2.44. The summed E-state index contributed by atoms with van der Waals surface area (Å²) in [4.78, 5) is 11.2. The molecule has 0 amide bonds. The Labute approximate surface area is 84.3 Å². The van der Waals surface area contributed by atoms with Gasteiger partial charge in [0.15, 0.2) is 0 Å². The molecule has 0 saturated heterocycles. The standard InChI is InChI=1S/C12H16O2/c1-10-2-4-12(6-10,9-13)7-11-3-5-14-8-11/h3,5,8-10H,2,4,6-7H2,1H3. The van der Waals surface area contributed by atoms with Crippen LogP contribution < -0.4 is 0 Å². The topological polar surface area (TPSA) is 30.2 Å². The van der Waals surface area contributed by atoms with Crippen LogP contribution in [0.25, 0.3) is 0 Å². The second kappa shape index (κ2) is 3.60. The minimum atomic E-state index is -0.108. The third-order valence-electron chi connectivity index (χ3n) is 3.28. The van der Waals surface area contributed by atoms with Crippen molar-refractivity contribution < 1.29 is 9.21 Å². The van der Waals surface area contributed by atoms with Crippen LogP contribution in [0.15, 0.2) is 23.0 Å². The number of carbonyl (C=O) groups excluding carboxylic acids is 1. The smallest absolute Gasteiger partial charge is 0.126 e. The van der Waals surface area contributed by atoms with E-state index in [-0.39, 0.29) is 5.41 Å². The molecule has 2 heteroatoms. The van der Waals surface area contributed by atoms with Crippen LogP contribution in [0, 0.1) is 11.3 Å². The molecular weight excluding hydrogens is 176 g/mol. The Bertz CT molecular complexity index is 302. The highest BCUT2D eigenvalue weighted by Crippen LogP contribution is 2.42. The maximum Gasteiger partial charge on any atom is 0.126 e. The van der Waals surface area contributed by atoms with E-state index in [0.717, 1.165) is 31.1 Å². The van der Waals surface area contributed by atoms with Gasteiger partial charge in [-0.25, -0.2) is 0 Å². The average molecular weight is 192 g/mol. The second-order valence-electron chi connectivity index (χ2n) is 4.64. The molecule has 0 spiro atoms. The van der Waals surface area contributed by atoms with E-state index in [0.29, 0.717) is 5.92 Å². The highest BCUT2D eigenvalue weighted by atomic mass is 16.3. The van der Waals surface area contributed by atoms with Crippen LogP contribution >= 0.6 is 0 Å². The SMILES string of the molecule is CC1CCC(C=O)(Cc2ccoc2)C1. The maximum absolute atomic E-state index is 11.2. The molecule has 0 radical (unpaired) electrons. The number of carbonyl (C=O) groups is 1.